The van der Waals surface area contributed by atoms with Crippen molar-refractivity contribution < 1.29 is 4.79 Å². The third-order valence-corrected chi connectivity index (χ3v) is 4.25. The van der Waals surface area contributed by atoms with Crippen LogP contribution in [0.3, 0.4) is 0 Å². The molecule has 5 nitrogen and oxygen atoms in total. The molecule has 0 aliphatic heterocycles. The van der Waals surface area contributed by atoms with E-state index in [9.17, 15) is 4.79 Å². The fourth-order valence-electron chi connectivity index (χ4n) is 2.45. The summed E-state index contributed by atoms with van der Waals surface area (Å²) in [5, 5.41) is 6.03. The molecular weight excluding hydrogens is 324 g/mol. The van der Waals surface area contributed by atoms with Gasteiger partial charge >= 0.3 is 0 Å². The molecule has 0 aliphatic carbocycles. The normalized spacial score (nSPS) is 10.4. The lowest BCUT2D eigenvalue weighted by atomic mass is 10.1. The summed E-state index contributed by atoms with van der Waals surface area (Å²) in [5.41, 5.74) is 5.88. The average molecular weight is 346 g/mol. The van der Waals surface area contributed by atoms with Crippen molar-refractivity contribution in [2.75, 3.05) is 10.6 Å². The Morgan fingerprint density at radius 2 is 1.62 bits per heavy atom. The summed E-state index contributed by atoms with van der Waals surface area (Å²) in [6.07, 6.45) is 3.06. The predicted molar refractivity (Wildman–Crippen MR) is 104 cm³/mol. The van der Waals surface area contributed by atoms with Crippen LogP contribution in [0.25, 0.3) is 0 Å². The van der Waals surface area contributed by atoms with E-state index in [2.05, 4.69) is 51.8 Å². The second-order valence-electron chi connectivity index (χ2n) is 6.39. The summed E-state index contributed by atoms with van der Waals surface area (Å²) in [7, 11) is 0. The van der Waals surface area contributed by atoms with Gasteiger partial charge in [-0.3, -0.25) is 4.79 Å². The Hall–Kier alpha value is -3.21. The number of hydrogen-bond acceptors (Lipinski definition) is 4. The molecule has 0 saturated carbocycles. The minimum absolute atomic E-state index is 0.224. The average Bonchev–Trinajstić information content (AvgIpc) is 2.65. The Kier molecular flexibility index (Phi) is 5.27. The van der Waals surface area contributed by atoms with Crippen LogP contribution in [0.1, 0.15) is 32.6 Å². The zero-order chi connectivity index (χ0) is 18.5. The maximum absolute atomic E-state index is 12.3. The van der Waals surface area contributed by atoms with Gasteiger partial charge in [-0.25, -0.2) is 9.97 Å². The van der Waals surface area contributed by atoms with Crippen molar-refractivity contribution in [3.63, 3.8) is 0 Å². The molecule has 2 aromatic carbocycles. The van der Waals surface area contributed by atoms with Gasteiger partial charge in [-0.1, -0.05) is 35.9 Å². The molecule has 3 aromatic rings. The number of nitrogens with zero attached hydrogens (tertiary/aromatic N) is 2. The quantitative estimate of drug-likeness (QED) is 0.724. The number of benzene rings is 2. The number of aromatic nitrogens is 2. The second-order valence-corrected chi connectivity index (χ2v) is 6.39. The minimum Gasteiger partial charge on any atom is -0.350 e. The number of amides is 1. The molecular formula is C21H22N4O. The fourth-order valence-corrected chi connectivity index (χ4v) is 2.45. The Bertz CT molecular complexity index is 902. The highest BCUT2D eigenvalue weighted by atomic mass is 16.1. The monoisotopic (exact) mass is 346 g/mol. The molecule has 132 valence electrons. The summed E-state index contributed by atoms with van der Waals surface area (Å²) in [6, 6.07) is 14.1. The van der Waals surface area contributed by atoms with E-state index in [1.165, 1.54) is 23.5 Å². The molecule has 2 N–H and O–H groups in total. The Morgan fingerprint density at radius 3 is 2.27 bits per heavy atom. The number of carbonyl (C=O) groups excluding carboxylic acids is 1. The number of nitrogens with one attached hydrogen (secondary N) is 2. The molecule has 0 fully saturated rings. The van der Waals surface area contributed by atoms with Crippen LogP contribution in [0.4, 0.5) is 11.6 Å². The van der Waals surface area contributed by atoms with Gasteiger partial charge in [-0.15, -0.1) is 0 Å². The Morgan fingerprint density at radius 1 is 0.923 bits per heavy atom. The third-order valence-electron chi connectivity index (χ3n) is 4.25. The Balaban J connectivity index is 1.60. The van der Waals surface area contributed by atoms with E-state index in [0.717, 1.165) is 16.8 Å². The smallest absolute Gasteiger partial charge is 0.258 e. The van der Waals surface area contributed by atoms with Crippen LogP contribution < -0.4 is 10.6 Å². The van der Waals surface area contributed by atoms with Crippen molar-refractivity contribution in [1.82, 2.24) is 9.97 Å². The van der Waals surface area contributed by atoms with Gasteiger partial charge in [0.25, 0.3) is 5.91 Å². The van der Waals surface area contributed by atoms with Gasteiger partial charge in [0.1, 0.15) is 0 Å². The number of carbonyl (C=O) groups is 1. The molecule has 1 aromatic heterocycles. The molecule has 0 bridgehead atoms. The van der Waals surface area contributed by atoms with Crippen molar-refractivity contribution in [2.45, 2.75) is 27.3 Å². The maximum Gasteiger partial charge on any atom is 0.258 e. The van der Waals surface area contributed by atoms with Crippen LogP contribution in [0.5, 0.6) is 0 Å². The van der Waals surface area contributed by atoms with Crippen molar-refractivity contribution in [1.29, 1.82) is 0 Å². The molecule has 0 aliphatic rings. The van der Waals surface area contributed by atoms with Gasteiger partial charge in [0, 0.05) is 24.6 Å². The van der Waals surface area contributed by atoms with Crippen LogP contribution in [0, 0.1) is 20.8 Å². The van der Waals surface area contributed by atoms with E-state index in [4.69, 9.17) is 0 Å². The highest BCUT2D eigenvalue weighted by Gasteiger charge is 2.08. The number of rotatable bonds is 5. The van der Waals surface area contributed by atoms with Gasteiger partial charge in [-0.05, 0) is 49.6 Å². The summed E-state index contributed by atoms with van der Waals surface area (Å²) >= 11 is 0. The summed E-state index contributed by atoms with van der Waals surface area (Å²) in [5.74, 6) is 0.270. The van der Waals surface area contributed by atoms with E-state index in [-0.39, 0.29) is 5.91 Å². The molecule has 0 radical (unpaired) electrons. The number of hydrogen-bond donors (Lipinski definition) is 2. The first-order valence-electron chi connectivity index (χ1n) is 8.51. The lowest BCUT2D eigenvalue weighted by Gasteiger charge is -2.08. The fraction of sp³-hybridized carbons (Fsp3) is 0.190. The first-order valence-corrected chi connectivity index (χ1v) is 8.51. The van der Waals surface area contributed by atoms with Crippen LogP contribution in [-0.2, 0) is 6.54 Å². The minimum atomic E-state index is -0.224. The van der Waals surface area contributed by atoms with Gasteiger partial charge in [0.15, 0.2) is 0 Å². The topological polar surface area (TPSA) is 66.9 Å². The van der Waals surface area contributed by atoms with Crippen LogP contribution in [0.15, 0.2) is 54.9 Å². The van der Waals surface area contributed by atoms with Crippen LogP contribution >= 0.6 is 0 Å². The largest absolute Gasteiger partial charge is 0.350 e. The van der Waals surface area contributed by atoms with E-state index >= 15 is 0 Å². The van der Waals surface area contributed by atoms with Crippen molar-refractivity contribution >= 4 is 17.5 Å². The van der Waals surface area contributed by atoms with E-state index < -0.39 is 0 Å². The molecule has 1 heterocycles. The van der Waals surface area contributed by atoms with Crippen LogP contribution in [0.2, 0.25) is 0 Å². The number of anilines is 2. The molecule has 3 rings (SSSR count). The maximum atomic E-state index is 12.3. The zero-order valence-electron chi connectivity index (χ0n) is 15.2. The van der Waals surface area contributed by atoms with Crippen molar-refractivity contribution in [3.8, 4) is 0 Å². The van der Waals surface area contributed by atoms with Gasteiger partial charge in [0.2, 0.25) is 5.95 Å². The van der Waals surface area contributed by atoms with Crippen molar-refractivity contribution in [3.05, 3.63) is 82.7 Å². The van der Waals surface area contributed by atoms with E-state index in [0.29, 0.717) is 18.1 Å². The highest BCUT2D eigenvalue weighted by molar-refractivity contribution is 6.03. The zero-order valence-corrected chi connectivity index (χ0v) is 15.2. The summed E-state index contributed by atoms with van der Waals surface area (Å²) < 4.78 is 0. The van der Waals surface area contributed by atoms with E-state index in [1.54, 1.807) is 0 Å². The first-order chi connectivity index (χ1) is 12.5. The molecule has 1 amide bonds. The molecule has 26 heavy (non-hydrogen) atoms. The molecule has 0 atom stereocenters. The first kappa shape index (κ1) is 17.6. The van der Waals surface area contributed by atoms with Crippen molar-refractivity contribution in [2.24, 2.45) is 0 Å². The Labute approximate surface area is 153 Å². The predicted octanol–water partition coefficient (Wildman–Crippen LogP) is 4.27. The lowest BCUT2D eigenvalue weighted by molar-refractivity contribution is 0.102. The molecule has 5 heteroatoms. The van der Waals surface area contributed by atoms with Gasteiger partial charge < -0.3 is 10.6 Å². The second kappa shape index (κ2) is 7.78. The van der Waals surface area contributed by atoms with Gasteiger partial charge in [-0.2, -0.15) is 0 Å². The highest BCUT2D eigenvalue weighted by Crippen LogP contribution is 2.15. The number of aryl methyl sites for hydroxylation is 3. The SMILES string of the molecule is Cc1ccc(CNc2ncc(C(=O)Nc3ccc(C)c(C)c3)cn2)cc1. The van der Waals surface area contributed by atoms with Gasteiger partial charge in [0.05, 0.1) is 5.56 Å². The molecule has 0 spiro atoms. The lowest BCUT2D eigenvalue weighted by Crippen LogP contribution is -2.13. The summed E-state index contributed by atoms with van der Waals surface area (Å²) in [4.78, 5) is 20.8. The summed E-state index contributed by atoms with van der Waals surface area (Å²) in [6.45, 7) is 6.75. The standard InChI is InChI=1S/C21H22N4O/c1-14-4-7-17(8-5-14)11-22-21-23-12-18(13-24-21)20(26)25-19-9-6-15(2)16(3)10-19/h4-10,12-13H,11H2,1-3H3,(H,25,26)(H,22,23,24). The third kappa shape index (κ3) is 4.45. The van der Waals surface area contributed by atoms with Crippen LogP contribution in [-0.4, -0.2) is 15.9 Å². The van der Waals surface area contributed by atoms with E-state index in [1.807, 2.05) is 32.0 Å². The molecule has 0 saturated heterocycles. The molecule has 0 unspecified atom stereocenters.